The first-order chi connectivity index (χ1) is 8.08. The van der Waals surface area contributed by atoms with Crippen molar-refractivity contribution in [2.24, 2.45) is 0 Å². The Balaban J connectivity index is 2.13. The Hall–Kier alpha value is -1.95. The van der Waals surface area contributed by atoms with Gasteiger partial charge in [0.15, 0.2) is 10.9 Å². The van der Waals surface area contributed by atoms with Crippen molar-refractivity contribution < 1.29 is 14.0 Å². The predicted molar refractivity (Wildman–Crippen MR) is 63.5 cm³/mol. The minimum Gasteiger partial charge on any atom is -0.469 e. The van der Waals surface area contributed by atoms with E-state index in [0.717, 1.165) is 0 Å². The number of hydrogen-bond acceptors (Lipinski definition) is 5. The molecule has 2 aromatic heterocycles. The third kappa shape index (κ3) is 2.42. The van der Waals surface area contributed by atoms with Gasteiger partial charge in [-0.3, -0.25) is 14.9 Å². The van der Waals surface area contributed by atoms with E-state index in [4.69, 9.17) is 4.42 Å². The number of carbonyl (C=O) groups is 2. The van der Waals surface area contributed by atoms with Gasteiger partial charge in [0.1, 0.15) is 11.5 Å². The number of carbonyl (C=O) groups excluding carboxylic acids is 2. The Morgan fingerprint density at radius 3 is 2.76 bits per heavy atom. The Labute approximate surface area is 101 Å². The van der Waals surface area contributed by atoms with Crippen LogP contribution < -0.4 is 5.32 Å². The Morgan fingerprint density at radius 1 is 1.47 bits per heavy atom. The first kappa shape index (κ1) is 11.5. The van der Waals surface area contributed by atoms with Crippen LogP contribution in [0.3, 0.4) is 0 Å². The van der Waals surface area contributed by atoms with Crippen LogP contribution in [0.25, 0.3) is 0 Å². The summed E-state index contributed by atoms with van der Waals surface area (Å²) in [6.45, 7) is 3.14. The molecule has 2 aromatic rings. The van der Waals surface area contributed by atoms with Crippen LogP contribution in [0.2, 0.25) is 0 Å². The summed E-state index contributed by atoms with van der Waals surface area (Å²) in [5.74, 6) is 0.132. The molecule has 0 unspecified atom stereocenters. The topological polar surface area (TPSA) is 72.2 Å². The normalized spacial score (nSPS) is 10.2. The second-order valence-electron chi connectivity index (χ2n) is 3.44. The molecule has 0 saturated heterocycles. The number of aromatic nitrogens is 1. The van der Waals surface area contributed by atoms with Gasteiger partial charge in [-0.05, 0) is 13.0 Å². The fourth-order valence-corrected chi connectivity index (χ4v) is 2.02. The summed E-state index contributed by atoms with van der Waals surface area (Å²) in [5.41, 5.74) is 0.818. The first-order valence-electron chi connectivity index (χ1n) is 4.90. The summed E-state index contributed by atoms with van der Waals surface area (Å²) >= 11 is 1.21. The maximum Gasteiger partial charge on any atom is 0.260 e. The van der Waals surface area contributed by atoms with E-state index < -0.39 is 0 Å². The van der Waals surface area contributed by atoms with Crippen LogP contribution in [0, 0.1) is 6.92 Å². The third-order valence-corrected chi connectivity index (χ3v) is 2.95. The van der Waals surface area contributed by atoms with Gasteiger partial charge in [-0.25, -0.2) is 4.98 Å². The highest BCUT2D eigenvalue weighted by Crippen LogP contribution is 2.18. The first-order valence-corrected chi connectivity index (χ1v) is 5.78. The van der Waals surface area contributed by atoms with Crippen LogP contribution >= 0.6 is 11.3 Å². The second kappa shape index (κ2) is 4.50. The summed E-state index contributed by atoms with van der Waals surface area (Å²) in [4.78, 5) is 26.8. The van der Waals surface area contributed by atoms with Crippen LogP contribution in [-0.2, 0) is 0 Å². The maximum absolute atomic E-state index is 11.8. The lowest BCUT2D eigenvalue weighted by Gasteiger charge is -1.98. The van der Waals surface area contributed by atoms with E-state index in [-0.39, 0.29) is 11.7 Å². The standard InChI is InChI=1S/C11H10N2O3S/c1-6(14)9-5-17-11(12-9)13-10(15)8-3-4-16-7(8)2/h3-5H,1-2H3,(H,12,13,15). The van der Waals surface area contributed by atoms with Crippen molar-refractivity contribution in [3.63, 3.8) is 0 Å². The smallest absolute Gasteiger partial charge is 0.260 e. The SMILES string of the molecule is CC(=O)c1csc(NC(=O)c2ccoc2C)n1. The molecule has 1 amide bonds. The molecule has 0 spiro atoms. The van der Waals surface area contributed by atoms with Crippen molar-refractivity contribution in [2.75, 3.05) is 5.32 Å². The largest absolute Gasteiger partial charge is 0.469 e. The molecule has 0 aromatic carbocycles. The summed E-state index contributed by atoms with van der Waals surface area (Å²) in [6.07, 6.45) is 1.45. The highest BCUT2D eigenvalue weighted by atomic mass is 32.1. The monoisotopic (exact) mass is 250 g/mol. The molecule has 6 heteroatoms. The zero-order chi connectivity index (χ0) is 12.4. The molecule has 1 N–H and O–H groups in total. The number of nitrogens with one attached hydrogen (secondary N) is 1. The van der Waals surface area contributed by atoms with Gasteiger partial charge in [0.25, 0.3) is 5.91 Å². The van der Waals surface area contributed by atoms with E-state index in [1.54, 1.807) is 18.4 Å². The van der Waals surface area contributed by atoms with E-state index in [0.29, 0.717) is 22.1 Å². The Morgan fingerprint density at radius 2 is 2.24 bits per heavy atom. The van der Waals surface area contributed by atoms with Crippen LogP contribution in [0.5, 0.6) is 0 Å². The van der Waals surface area contributed by atoms with Gasteiger partial charge in [0.2, 0.25) is 0 Å². The molecule has 0 fully saturated rings. The predicted octanol–water partition coefficient (Wildman–Crippen LogP) is 2.50. The lowest BCUT2D eigenvalue weighted by Crippen LogP contribution is -2.12. The number of hydrogen-bond donors (Lipinski definition) is 1. The van der Waals surface area contributed by atoms with Gasteiger partial charge in [-0.2, -0.15) is 0 Å². The average Bonchev–Trinajstić information content (AvgIpc) is 2.86. The van der Waals surface area contributed by atoms with E-state index in [9.17, 15) is 9.59 Å². The molecule has 2 heterocycles. The molecule has 2 rings (SSSR count). The van der Waals surface area contributed by atoms with Crippen molar-refractivity contribution in [2.45, 2.75) is 13.8 Å². The fraction of sp³-hybridized carbons (Fsp3) is 0.182. The summed E-state index contributed by atoms with van der Waals surface area (Å²) < 4.78 is 5.03. The van der Waals surface area contributed by atoms with Gasteiger partial charge < -0.3 is 4.42 Å². The lowest BCUT2D eigenvalue weighted by molar-refractivity contribution is 0.100. The Kier molecular flexibility index (Phi) is 3.06. The average molecular weight is 250 g/mol. The van der Waals surface area contributed by atoms with Crippen LogP contribution in [0.4, 0.5) is 5.13 Å². The third-order valence-electron chi connectivity index (χ3n) is 2.19. The molecule has 0 aliphatic rings. The van der Waals surface area contributed by atoms with Crippen LogP contribution in [-0.4, -0.2) is 16.7 Å². The van der Waals surface area contributed by atoms with Crippen molar-refractivity contribution in [3.8, 4) is 0 Å². The van der Waals surface area contributed by atoms with E-state index in [1.807, 2.05) is 0 Å². The molecule has 88 valence electrons. The highest BCUT2D eigenvalue weighted by molar-refractivity contribution is 7.14. The molecule has 0 saturated carbocycles. The number of thiazole rings is 1. The number of amides is 1. The minimum atomic E-state index is -0.291. The van der Waals surface area contributed by atoms with E-state index in [1.165, 1.54) is 24.5 Å². The molecular formula is C11H10N2O3S. The molecule has 0 atom stereocenters. The second-order valence-corrected chi connectivity index (χ2v) is 4.30. The number of rotatable bonds is 3. The van der Waals surface area contributed by atoms with E-state index >= 15 is 0 Å². The van der Waals surface area contributed by atoms with Gasteiger partial charge >= 0.3 is 0 Å². The van der Waals surface area contributed by atoms with Crippen molar-refractivity contribution in [1.29, 1.82) is 0 Å². The van der Waals surface area contributed by atoms with Crippen LogP contribution in [0.1, 0.15) is 33.5 Å². The fourth-order valence-electron chi connectivity index (χ4n) is 1.28. The van der Waals surface area contributed by atoms with Gasteiger partial charge in [-0.15, -0.1) is 11.3 Å². The molecule has 0 aliphatic carbocycles. The summed E-state index contributed by atoms with van der Waals surface area (Å²) in [6, 6.07) is 1.59. The molecule has 0 aliphatic heterocycles. The number of anilines is 1. The number of Topliss-reactive ketones (excluding diaryl/α,β-unsaturated/α-hetero) is 1. The number of furan rings is 1. The lowest BCUT2D eigenvalue weighted by atomic mass is 10.2. The molecule has 0 radical (unpaired) electrons. The Bertz CT molecular complexity index is 571. The molecule has 5 nitrogen and oxygen atoms in total. The molecular weight excluding hydrogens is 240 g/mol. The van der Waals surface area contributed by atoms with Gasteiger partial charge in [-0.1, -0.05) is 0 Å². The number of aryl methyl sites for hydroxylation is 1. The highest BCUT2D eigenvalue weighted by Gasteiger charge is 2.14. The van der Waals surface area contributed by atoms with Crippen molar-refractivity contribution in [3.05, 3.63) is 34.7 Å². The van der Waals surface area contributed by atoms with Crippen molar-refractivity contribution >= 4 is 28.2 Å². The molecule has 17 heavy (non-hydrogen) atoms. The zero-order valence-corrected chi connectivity index (χ0v) is 10.1. The summed E-state index contributed by atoms with van der Waals surface area (Å²) in [7, 11) is 0. The minimum absolute atomic E-state index is 0.124. The summed E-state index contributed by atoms with van der Waals surface area (Å²) in [5, 5.41) is 4.63. The van der Waals surface area contributed by atoms with Crippen LogP contribution in [0.15, 0.2) is 22.1 Å². The number of nitrogens with zero attached hydrogens (tertiary/aromatic N) is 1. The van der Waals surface area contributed by atoms with Gasteiger partial charge in [0.05, 0.1) is 11.8 Å². The van der Waals surface area contributed by atoms with Crippen molar-refractivity contribution in [1.82, 2.24) is 4.98 Å². The molecule has 0 bridgehead atoms. The maximum atomic E-state index is 11.8. The van der Waals surface area contributed by atoms with Gasteiger partial charge in [0, 0.05) is 12.3 Å². The zero-order valence-electron chi connectivity index (χ0n) is 9.31. The quantitative estimate of drug-likeness (QED) is 0.849. The number of ketones is 1. The van der Waals surface area contributed by atoms with E-state index in [2.05, 4.69) is 10.3 Å².